The van der Waals surface area contributed by atoms with Crippen molar-refractivity contribution in [1.29, 1.82) is 0 Å². The summed E-state index contributed by atoms with van der Waals surface area (Å²) in [5.74, 6) is -2.25. The SMILES string of the molecule is CCOC(=O)CCc1ccc(OC(F)(F)F)c(/C=C/C(=O)O)c1. The number of hydrogen-bond acceptors (Lipinski definition) is 4. The van der Waals surface area contributed by atoms with Crippen molar-refractivity contribution < 1.29 is 37.3 Å². The lowest BCUT2D eigenvalue weighted by Gasteiger charge is -2.12. The average Bonchev–Trinajstić information content (AvgIpc) is 2.43. The van der Waals surface area contributed by atoms with Crippen molar-refractivity contribution in [3.8, 4) is 5.75 Å². The molecular formula is C15H15F3O5. The highest BCUT2D eigenvalue weighted by molar-refractivity contribution is 5.86. The van der Waals surface area contributed by atoms with Gasteiger partial charge in [-0.3, -0.25) is 4.79 Å². The van der Waals surface area contributed by atoms with Crippen molar-refractivity contribution in [2.45, 2.75) is 26.1 Å². The largest absolute Gasteiger partial charge is 0.573 e. The van der Waals surface area contributed by atoms with Crippen LogP contribution in [0.4, 0.5) is 13.2 Å². The van der Waals surface area contributed by atoms with E-state index in [9.17, 15) is 22.8 Å². The Morgan fingerprint density at radius 1 is 1.30 bits per heavy atom. The van der Waals surface area contributed by atoms with Gasteiger partial charge in [0.1, 0.15) is 5.75 Å². The number of carbonyl (C=O) groups excluding carboxylic acids is 1. The fourth-order valence-corrected chi connectivity index (χ4v) is 1.74. The molecular weight excluding hydrogens is 317 g/mol. The van der Waals surface area contributed by atoms with Crippen LogP contribution in [0.25, 0.3) is 6.08 Å². The first kappa shape index (κ1) is 18.5. The van der Waals surface area contributed by atoms with E-state index in [1.165, 1.54) is 12.1 Å². The topological polar surface area (TPSA) is 72.8 Å². The van der Waals surface area contributed by atoms with Crippen molar-refractivity contribution in [2.75, 3.05) is 6.61 Å². The summed E-state index contributed by atoms with van der Waals surface area (Å²) in [7, 11) is 0. The van der Waals surface area contributed by atoms with Crippen LogP contribution in [0, 0.1) is 0 Å². The second kappa shape index (κ2) is 8.21. The van der Waals surface area contributed by atoms with E-state index in [1.807, 2.05) is 0 Å². The zero-order valence-electron chi connectivity index (χ0n) is 12.2. The molecule has 0 bridgehead atoms. The zero-order chi connectivity index (χ0) is 17.5. The molecule has 0 aromatic heterocycles. The molecule has 0 saturated heterocycles. The first-order chi connectivity index (χ1) is 10.7. The molecule has 0 aliphatic carbocycles. The lowest BCUT2D eigenvalue weighted by Crippen LogP contribution is -2.17. The second-order valence-electron chi connectivity index (χ2n) is 4.40. The molecule has 0 heterocycles. The van der Waals surface area contributed by atoms with Gasteiger partial charge in [-0.05, 0) is 37.1 Å². The van der Waals surface area contributed by atoms with Crippen LogP contribution < -0.4 is 4.74 Å². The lowest BCUT2D eigenvalue weighted by molar-refractivity contribution is -0.274. The molecule has 126 valence electrons. The summed E-state index contributed by atoms with van der Waals surface area (Å²) in [5, 5.41) is 8.59. The van der Waals surface area contributed by atoms with Crippen LogP contribution in [-0.2, 0) is 20.7 Å². The number of aliphatic carboxylic acids is 1. The van der Waals surface area contributed by atoms with Gasteiger partial charge >= 0.3 is 18.3 Å². The van der Waals surface area contributed by atoms with Crippen molar-refractivity contribution in [3.05, 3.63) is 35.4 Å². The average molecular weight is 332 g/mol. The number of aryl methyl sites for hydroxylation is 1. The molecule has 0 unspecified atom stereocenters. The molecule has 0 atom stereocenters. The quantitative estimate of drug-likeness (QED) is 0.613. The number of halogens is 3. The standard InChI is InChI=1S/C15H15F3O5/c1-2-22-14(21)8-4-10-3-6-12(23-15(16,17)18)11(9-10)5-7-13(19)20/h3,5-7,9H,2,4,8H2,1H3,(H,19,20)/b7-5+. The van der Waals surface area contributed by atoms with Gasteiger partial charge in [-0.1, -0.05) is 6.07 Å². The number of ether oxygens (including phenoxy) is 2. The smallest absolute Gasteiger partial charge is 0.478 e. The molecule has 0 spiro atoms. The van der Waals surface area contributed by atoms with Gasteiger partial charge in [-0.2, -0.15) is 0 Å². The third-order valence-corrected chi connectivity index (χ3v) is 2.63. The Bertz CT molecular complexity index is 593. The van der Waals surface area contributed by atoms with Crippen LogP contribution in [0.3, 0.4) is 0 Å². The molecule has 1 aromatic rings. The summed E-state index contributed by atoms with van der Waals surface area (Å²) in [6, 6.07) is 3.79. The second-order valence-corrected chi connectivity index (χ2v) is 4.40. The Morgan fingerprint density at radius 3 is 2.57 bits per heavy atom. The highest BCUT2D eigenvalue weighted by atomic mass is 19.4. The minimum Gasteiger partial charge on any atom is -0.478 e. The molecule has 0 radical (unpaired) electrons. The summed E-state index contributed by atoms with van der Waals surface area (Å²) in [6.07, 6.45) is -2.88. The summed E-state index contributed by atoms with van der Waals surface area (Å²) < 4.78 is 45.6. The van der Waals surface area contributed by atoms with Crippen molar-refractivity contribution in [2.24, 2.45) is 0 Å². The monoisotopic (exact) mass is 332 g/mol. The van der Waals surface area contributed by atoms with Crippen LogP contribution in [0.2, 0.25) is 0 Å². The van der Waals surface area contributed by atoms with Gasteiger partial charge in [-0.25, -0.2) is 4.79 Å². The van der Waals surface area contributed by atoms with Gasteiger partial charge in [0.15, 0.2) is 0 Å². The highest BCUT2D eigenvalue weighted by Crippen LogP contribution is 2.28. The minimum absolute atomic E-state index is 0.0499. The third kappa shape index (κ3) is 7.35. The molecule has 0 saturated carbocycles. The van der Waals surface area contributed by atoms with E-state index in [0.29, 0.717) is 11.6 Å². The number of hydrogen-bond donors (Lipinski definition) is 1. The summed E-state index contributed by atoms with van der Waals surface area (Å²) >= 11 is 0. The Balaban J connectivity index is 2.97. The Labute approximate surface area is 130 Å². The van der Waals surface area contributed by atoms with Gasteiger partial charge in [0.25, 0.3) is 0 Å². The van der Waals surface area contributed by atoms with E-state index in [2.05, 4.69) is 4.74 Å². The predicted octanol–water partition coefficient (Wildman–Crippen LogP) is 3.18. The van der Waals surface area contributed by atoms with Crippen molar-refractivity contribution >= 4 is 18.0 Å². The first-order valence-corrected chi connectivity index (χ1v) is 6.66. The predicted molar refractivity (Wildman–Crippen MR) is 74.7 cm³/mol. The molecule has 0 aliphatic heterocycles. The number of alkyl halides is 3. The van der Waals surface area contributed by atoms with Crippen molar-refractivity contribution in [1.82, 2.24) is 0 Å². The molecule has 0 fully saturated rings. The zero-order valence-corrected chi connectivity index (χ0v) is 12.2. The maximum absolute atomic E-state index is 12.3. The normalized spacial score (nSPS) is 11.5. The molecule has 23 heavy (non-hydrogen) atoms. The van der Waals surface area contributed by atoms with E-state index >= 15 is 0 Å². The maximum Gasteiger partial charge on any atom is 0.573 e. The maximum atomic E-state index is 12.3. The summed E-state index contributed by atoms with van der Waals surface area (Å²) in [4.78, 5) is 21.8. The van der Waals surface area contributed by atoms with Crippen LogP contribution in [-0.4, -0.2) is 30.0 Å². The van der Waals surface area contributed by atoms with E-state index in [4.69, 9.17) is 9.84 Å². The van der Waals surface area contributed by atoms with E-state index in [1.54, 1.807) is 6.92 Å². The number of carboxylic acid groups (broad SMARTS) is 1. The minimum atomic E-state index is -4.89. The van der Waals surface area contributed by atoms with Crippen LogP contribution >= 0.6 is 0 Å². The highest BCUT2D eigenvalue weighted by Gasteiger charge is 2.31. The summed E-state index contributed by atoms with van der Waals surface area (Å²) in [5.41, 5.74) is 0.503. The summed E-state index contributed by atoms with van der Waals surface area (Å²) in [6.45, 7) is 1.90. The molecule has 0 amide bonds. The van der Waals surface area contributed by atoms with Gasteiger partial charge in [0.2, 0.25) is 0 Å². The Kier molecular flexibility index (Phi) is 6.62. The molecule has 8 heteroatoms. The number of carbonyl (C=O) groups is 2. The number of carboxylic acids is 1. The van der Waals surface area contributed by atoms with E-state index in [-0.39, 0.29) is 25.0 Å². The molecule has 5 nitrogen and oxygen atoms in total. The Hall–Kier alpha value is -2.51. The van der Waals surface area contributed by atoms with Crippen molar-refractivity contribution in [3.63, 3.8) is 0 Å². The van der Waals surface area contributed by atoms with E-state index in [0.717, 1.165) is 12.1 Å². The van der Waals surface area contributed by atoms with Gasteiger partial charge in [-0.15, -0.1) is 13.2 Å². The third-order valence-electron chi connectivity index (χ3n) is 2.63. The van der Waals surface area contributed by atoms with Crippen LogP contribution in [0.15, 0.2) is 24.3 Å². The fourth-order valence-electron chi connectivity index (χ4n) is 1.74. The van der Waals surface area contributed by atoms with Crippen LogP contribution in [0.1, 0.15) is 24.5 Å². The molecule has 1 rings (SSSR count). The molecule has 1 aromatic carbocycles. The molecule has 0 aliphatic rings. The van der Waals surface area contributed by atoms with Gasteiger partial charge in [0.05, 0.1) is 6.61 Å². The van der Waals surface area contributed by atoms with Gasteiger partial charge < -0.3 is 14.6 Å². The van der Waals surface area contributed by atoms with Gasteiger partial charge in [0, 0.05) is 18.1 Å². The number of esters is 1. The number of rotatable bonds is 7. The fraction of sp³-hybridized carbons (Fsp3) is 0.333. The first-order valence-electron chi connectivity index (χ1n) is 6.66. The number of benzene rings is 1. The molecule has 1 N–H and O–H groups in total. The Morgan fingerprint density at radius 2 is 2.00 bits per heavy atom. The lowest BCUT2D eigenvalue weighted by atomic mass is 10.0. The van der Waals surface area contributed by atoms with Crippen LogP contribution in [0.5, 0.6) is 5.75 Å². The van der Waals surface area contributed by atoms with E-state index < -0.39 is 24.1 Å².